The summed E-state index contributed by atoms with van der Waals surface area (Å²) in [6, 6.07) is 12.8. The van der Waals surface area contributed by atoms with Crippen LogP contribution in [0, 0.1) is 5.92 Å². The van der Waals surface area contributed by atoms with Crippen LogP contribution in [-0.4, -0.2) is 20.8 Å². The molecule has 2 N–H and O–H groups in total. The van der Waals surface area contributed by atoms with E-state index in [1.807, 2.05) is 48.7 Å². The first kappa shape index (κ1) is 18.9. The molecule has 0 bridgehead atoms. The second-order valence-corrected chi connectivity index (χ2v) is 7.01. The van der Waals surface area contributed by atoms with Gasteiger partial charge >= 0.3 is 6.03 Å². The van der Waals surface area contributed by atoms with Crippen LogP contribution in [0.15, 0.2) is 61.1 Å². The molecule has 0 aliphatic carbocycles. The van der Waals surface area contributed by atoms with E-state index in [1.165, 1.54) is 0 Å². The van der Waals surface area contributed by atoms with Gasteiger partial charge in [0, 0.05) is 30.2 Å². The fraction of sp³-hybridized carbons (Fsp3) is 0.250. The van der Waals surface area contributed by atoms with Crippen molar-refractivity contribution in [2.75, 3.05) is 0 Å². The van der Waals surface area contributed by atoms with Crippen molar-refractivity contribution in [3.05, 3.63) is 77.2 Å². The molecule has 0 saturated carbocycles. The smallest absolute Gasteiger partial charge is 0.315 e. The molecule has 1 atom stereocenters. The number of benzene rings is 1. The number of carbonyl (C=O) groups is 1. The van der Waals surface area contributed by atoms with Crippen LogP contribution in [0.5, 0.6) is 0 Å². The Labute approximate surface area is 163 Å². The lowest BCUT2D eigenvalue weighted by molar-refractivity contribution is 0.232. The third-order valence-electron chi connectivity index (χ3n) is 4.18. The highest BCUT2D eigenvalue weighted by Gasteiger charge is 2.18. The average Bonchev–Trinajstić information content (AvgIpc) is 3.20. The Kier molecular flexibility index (Phi) is 6.08. The summed E-state index contributed by atoms with van der Waals surface area (Å²) in [5.41, 5.74) is 1.93. The van der Waals surface area contributed by atoms with E-state index in [9.17, 15) is 4.79 Å². The number of halogens is 1. The van der Waals surface area contributed by atoms with E-state index >= 15 is 0 Å². The first-order valence-corrected chi connectivity index (χ1v) is 9.15. The van der Waals surface area contributed by atoms with Gasteiger partial charge in [0.1, 0.15) is 0 Å². The van der Waals surface area contributed by atoms with E-state index < -0.39 is 0 Å². The number of urea groups is 1. The second kappa shape index (κ2) is 8.68. The van der Waals surface area contributed by atoms with Crippen molar-refractivity contribution in [3.63, 3.8) is 0 Å². The molecule has 3 aromatic rings. The lowest BCUT2D eigenvalue weighted by atomic mass is 9.96. The van der Waals surface area contributed by atoms with Crippen LogP contribution in [0.4, 0.5) is 4.79 Å². The van der Waals surface area contributed by atoms with Crippen molar-refractivity contribution in [3.8, 4) is 5.82 Å². The average molecular weight is 384 g/mol. The van der Waals surface area contributed by atoms with E-state index in [0.717, 1.165) is 16.9 Å². The number of rotatable bonds is 6. The van der Waals surface area contributed by atoms with E-state index in [1.54, 1.807) is 17.1 Å². The highest BCUT2D eigenvalue weighted by Crippen LogP contribution is 2.23. The molecule has 2 heterocycles. The Morgan fingerprint density at radius 2 is 1.96 bits per heavy atom. The number of hydrogen-bond donors (Lipinski definition) is 2. The first-order chi connectivity index (χ1) is 13.0. The molecule has 0 spiro atoms. The van der Waals surface area contributed by atoms with Crippen molar-refractivity contribution in [2.45, 2.75) is 26.4 Å². The third-order valence-corrected chi connectivity index (χ3v) is 4.44. The van der Waals surface area contributed by atoms with Gasteiger partial charge in [-0.1, -0.05) is 43.6 Å². The largest absolute Gasteiger partial charge is 0.334 e. The molecule has 0 aliphatic heterocycles. The molecule has 27 heavy (non-hydrogen) atoms. The molecule has 0 saturated heterocycles. The normalized spacial score (nSPS) is 12.0. The number of amides is 2. The van der Waals surface area contributed by atoms with Crippen molar-refractivity contribution in [2.24, 2.45) is 5.92 Å². The van der Waals surface area contributed by atoms with Crippen LogP contribution >= 0.6 is 11.6 Å². The number of carbonyl (C=O) groups excluding carboxylic acids is 1. The van der Waals surface area contributed by atoms with Crippen LogP contribution in [0.1, 0.15) is 31.0 Å². The number of pyridine rings is 1. The molecule has 1 aromatic carbocycles. The van der Waals surface area contributed by atoms with Crippen molar-refractivity contribution < 1.29 is 4.79 Å². The number of hydrogen-bond acceptors (Lipinski definition) is 3. The van der Waals surface area contributed by atoms with Crippen molar-refractivity contribution >= 4 is 17.6 Å². The van der Waals surface area contributed by atoms with Gasteiger partial charge in [0.2, 0.25) is 0 Å². The summed E-state index contributed by atoms with van der Waals surface area (Å²) in [5, 5.41) is 10.7. The summed E-state index contributed by atoms with van der Waals surface area (Å²) in [7, 11) is 0. The zero-order chi connectivity index (χ0) is 19.2. The Hall–Kier alpha value is -2.86. The quantitative estimate of drug-likeness (QED) is 0.672. The van der Waals surface area contributed by atoms with Gasteiger partial charge in [-0.2, -0.15) is 5.10 Å². The van der Waals surface area contributed by atoms with Gasteiger partial charge in [0.05, 0.1) is 6.04 Å². The molecule has 2 aromatic heterocycles. The molecule has 7 heteroatoms. The molecule has 0 unspecified atom stereocenters. The summed E-state index contributed by atoms with van der Waals surface area (Å²) < 4.78 is 1.68. The maximum absolute atomic E-state index is 12.3. The van der Waals surface area contributed by atoms with E-state index in [2.05, 4.69) is 34.6 Å². The van der Waals surface area contributed by atoms with E-state index in [0.29, 0.717) is 11.6 Å². The molecule has 0 fully saturated rings. The zero-order valence-corrected chi connectivity index (χ0v) is 16.0. The summed E-state index contributed by atoms with van der Waals surface area (Å²) in [4.78, 5) is 16.7. The minimum atomic E-state index is -0.222. The zero-order valence-electron chi connectivity index (χ0n) is 15.3. The molecule has 0 radical (unpaired) electrons. The van der Waals surface area contributed by atoms with Gasteiger partial charge in [0.15, 0.2) is 5.82 Å². The minimum Gasteiger partial charge on any atom is -0.334 e. The Balaban J connectivity index is 1.57. The Morgan fingerprint density at radius 1 is 1.19 bits per heavy atom. The van der Waals surface area contributed by atoms with Gasteiger partial charge < -0.3 is 10.6 Å². The fourth-order valence-corrected chi connectivity index (χ4v) is 2.87. The predicted molar refractivity (Wildman–Crippen MR) is 106 cm³/mol. The number of nitrogens with one attached hydrogen (secondary N) is 2. The van der Waals surface area contributed by atoms with Crippen LogP contribution in [-0.2, 0) is 6.54 Å². The molecule has 2 amide bonds. The van der Waals surface area contributed by atoms with Crippen molar-refractivity contribution in [1.82, 2.24) is 25.4 Å². The van der Waals surface area contributed by atoms with Crippen LogP contribution in [0.25, 0.3) is 5.82 Å². The fourth-order valence-electron chi connectivity index (χ4n) is 2.74. The van der Waals surface area contributed by atoms with Crippen LogP contribution < -0.4 is 10.6 Å². The highest BCUT2D eigenvalue weighted by molar-refractivity contribution is 6.30. The van der Waals surface area contributed by atoms with Crippen LogP contribution in [0.3, 0.4) is 0 Å². The van der Waals surface area contributed by atoms with Crippen molar-refractivity contribution in [1.29, 1.82) is 0 Å². The van der Waals surface area contributed by atoms with Gasteiger partial charge in [-0.15, -0.1) is 0 Å². The second-order valence-electron chi connectivity index (χ2n) is 6.58. The van der Waals surface area contributed by atoms with Gasteiger partial charge in [-0.25, -0.2) is 14.5 Å². The van der Waals surface area contributed by atoms with Gasteiger partial charge in [0.25, 0.3) is 0 Å². The summed E-state index contributed by atoms with van der Waals surface area (Å²) in [5.74, 6) is 0.975. The molecular weight excluding hydrogens is 362 g/mol. The third kappa shape index (κ3) is 5.08. The SMILES string of the molecule is CC(C)[C@H](NC(=O)NCc1ccc(-n2cccn2)nc1)c1ccc(Cl)cc1. The molecule has 6 nitrogen and oxygen atoms in total. The molecule has 3 rings (SSSR count). The van der Waals surface area contributed by atoms with E-state index in [4.69, 9.17) is 11.6 Å². The summed E-state index contributed by atoms with van der Waals surface area (Å²) in [6.45, 7) is 4.53. The Morgan fingerprint density at radius 3 is 2.56 bits per heavy atom. The van der Waals surface area contributed by atoms with Gasteiger partial charge in [-0.05, 0) is 41.3 Å². The standard InChI is InChI=1S/C20H22ClN5O/c1-14(2)19(16-5-7-17(21)8-6-16)25-20(27)23-13-15-4-9-18(22-12-15)26-11-3-10-24-26/h3-12,14,19H,13H2,1-2H3,(H2,23,25,27)/t19-/m0/s1. The minimum absolute atomic E-state index is 0.0948. The van der Waals surface area contributed by atoms with E-state index in [-0.39, 0.29) is 18.0 Å². The lowest BCUT2D eigenvalue weighted by Crippen LogP contribution is -2.39. The first-order valence-electron chi connectivity index (χ1n) is 8.77. The van der Waals surface area contributed by atoms with Gasteiger partial charge in [-0.3, -0.25) is 0 Å². The molecule has 140 valence electrons. The maximum Gasteiger partial charge on any atom is 0.315 e. The predicted octanol–water partition coefficient (Wildman–Crippen LogP) is 4.12. The number of aromatic nitrogens is 3. The topological polar surface area (TPSA) is 71.8 Å². The lowest BCUT2D eigenvalue weighted by Gasteiger charge is -2.23. The summed E-state index contributed by atoms with van der Waals surface area (Å²) in [6.07, 6.45) is 5.26. The maximum atomic E-state index is 12.3. The number of nitrogens with zero attached hydrogens (tertiary/aromatic N) is 3. The monoisotopic (exact) mass is 383 g/mol. The molecule has 0 aliphatic rings. The Bertz CT molecular complexity index is 860. The summed E-state index contributed by atoms with van der Waals surface area (Å²) >= 11 is 5.95. The van der Waals surface area contributed by atoms with Crippen LogP contribution in [0.2, 0.25) is 5.02 Å². The molecular formula is C20H22ClN5O. The highest BCUT2D eigenvalue weighted by atomic mass is 35.5.